The first-order valence-corrected chi connectivity index (χ1v) is 14.6. The van der Waals surface area contributed by atoms with Gasteiger partial charge in [-0.05, 0) is 50.4 Å². The van der Waals surface area contributed by atoms with E-state index < -0.39 is 23.8 Å². The van der Waals surface area contributed by atoms with Gasteiger partial charge < -0.3 is 31.2 Å². The fraction of sp³-hybridized carbons (Fsp3) is 0.464. The highest BCUT2D eigenvalue weighted by molar-refractivity contribution is 6.34. The Kier molecular flexibility index (Phi) is 9.00. The molecular formula is C28H33ClF3N9O3. The van der Waals surface area contributed by atoms with Crippen LogP contribution in [0.25, 0.3) is 11.3 Å². The first kappa shape index (κ1) is 31.5. The molecular weight excluding hydrogens is 603 g/mol. The minimum atomic E-state index is -4.68. The Labute approximate surface area is 256 Å². The van der Waals surface area contributed by atoms with Gasteiger partial charge in [0.2, 0.25) is 5.91 Å². The summed E-state index contributed by atoms with van der Waals surface area (Å²) in [4.78, 5) is 46.1. The number of piperazine rings is 1. The van der Waals surface area contributed by atoms with Gasteiger partial charge in [-0.3, -0.25) is 19.1 Å². The van der Waals surface area contributed by atoms with E-state index in [2.05, 4.69) is 15.4 Å². The van der Waals surface area contributed by atoms with E-state index in [4.69, 9.17) is 23.1 Å². The fourth-order valence-corrected chi connectivity index (χ4v) is 5.40. The summed E-state index contributed by atoms with van der Waals surface area (Å²) in [5.74, 6) is -1.30. The number of carbonyl (C=O) groups excluding carboxylic acids is 3. The Hall–Kier alpha value is -3.95. The van der Waals surface area contributed by atoms with Crippen LogP contribution in [0.2, 0.25) is 5.02 Å². The second-order valence-electron chi connectivity index (χ2n) is 10.9. The summed E-state index contributed by atoms with van der Waals surface area (Å²) in [6.07, 6.45) is 0.526. The van der Waals surface area contributed by atoms with E-state index in [-0.39, 0.29) is 51.2 Å². The molecule has 236 valence electrons. The van der Waals surface area contributed by atoms with Crippen LogP contribution in [0.5, 0.6) is 0 Å². The molecule has 1 atom stereocenters. The van der Waals surface area contributed by atoms with Gasteiger partial charge in [-0.2, -0.15) is 18.3 Å². The number of hydrogen-bond acceptors (Lipinski definition) is 7. The van der Waals surface area contributed by atoms with Crippen LogP contribution >= 0.6 is 11.6 Å². The normalized spacial score (nSPS) is 16.2. The fourth-order valence-electron chi connectivity index (χ4n) is 5.13. The van der Waals surface area contributed by atoms with Crippen LogP contribution in [0.15, 0.2) is 30.6 Å². The number of alkyl halides is 3. The van der Waals surface area contributed by atoms with Crippen LogP contribution in [-0.2, 0) is 18.0 Å². The van der Waals surface area contributed by atoms with Crippen LogP contribution < -0.4 is 16.8 Å². The third kappa shape index (κ3) is 6.59. The van der Waals surface area contributed by atoms with Crippen LogP contribution in [0.1, 0.15) is 58.4 Å². The molecule has 0 radical (unpaired) electrons. The smallest absolute Gasteiger partial charge is 0.338 e. The molecule has 2 aromatic heterocycles. The molecule has 1 aliphatic carbocycles. The number of benzene rings is 1. The lowest BCUT2D eigenvalue weighted by Gasteiger charge is -2.36. The predicted octanol–water partition coefficient (Wildman–Crippen LogP) is 2.89. The van der Waals surface area contributed by atoms with Gasteiger partial charge in [0, 0.05) is 45.1 Å². The zero-order valence-electron chi connectivity index (χ0n) is 24.0. The number of nitrogens with zero attached hydrogens (tertiary/aromatic N) is 6. The van der Waals surface area contributed by atoms with E-state index >= 15 is 0 Å². The average Bonchev–Trinajstić information content (AvgIpc) is 3.62. The van der Waals surface area contributed by atoms with E-state index in [0.29, 0.717) is 45.6 Å². The molecule has 1 aromatic carbocycles. The number of anilines is 1. The highest BCUT2D eigenvalue weighted by Gasteiger charge is 2.40. The predicted molar refractivity (Wildman–Crippen MR) is 156 cm³/mol. The molecule has 44 heavy (non-hydrogen) atoms. The second kappa shape index (κ2) is 12.6. The van der Waals surface area contributed by atoms with E-state index in [0.717, 1.165) is 12.8 Å². The van der Waals surface area contributed by atoms with Crippen molar-refractivity contribution in [1.82, 2.24) is 29.1 Å². The Balaban J connectivity index is 1.23. The quantitative estimate of drug-likeness (QED) is 0.326. The van der Waals surface area contributed by atoms with Crippen LogP contribution in [0.4, 0.5) is 18.9 Å². The third-order valence-corrected chi connectivity index (χ3v) is 8.07. The molecule has 2 fully saturated rings. The molecule has 1 saturated carbocycles. The number of rotatable bonds is 9. The van der Waals surface area contributed by atoms with Gasteiger partial charge in [-0.1, -0.05) is 11.6 Å². The molecule has 0 bridgehead atoms. The van der Waals surface area contributed by atoms with Crippen molar-refractivity contribution in [2.75, 3.05) is 38.0 Å². The zero-order valence-corrected chi connectivity index (χ0v) is 24.7. The number of amides is 3. The van der Waals surface area contributed by atoms with Crippen molar-refractivity contribution in [3.8, 4) is 11.3 Å². The largest absolute Gasteiger partial charge is 0.435 e. The van der Waals surface area contributed by atoms with Crippen molar-refractivity contribution in [1.29, 1.82) is 0 Å². The summed E-state index contributed by atoms with van der Waals surface area (Å²) in [5.41, 5.74) is 10.8. The number of nitrogens with two attached hydrogens (primary N) is 2. The molecule has 0 unspecified atom stereocenters. The third-order valence-electron chi connectivity index (χ3n) is 7.76. The molecule has 5 N–H and O–H groups in total. The molecule has 3 aromatic rings. The lowest BCUT2D eigenvalue weighted by molar-refractivity contribution is -0.141. The molecule has 3 heterocycles. The Morgan fingerprint density at radius 1 is 1.14 bits per heavy atom. The lowest BCUT2D eigenvalue weighted by Crippen LogP contribution is -2.54. The maximum atomic E-state index is 13.7. The summed E-state index contributed by atoms with van der Waals surface area (Å²) in [6, 6.07) is 3.70. The number of nitrogens with one attached hydrogen (secondary N) is 1. The van der Waals surface area contributed by atoms with Gasteiger partial charge in [0.25, 0.3) is 11.8 Å². The number of halogens is 4. The van der Waals surface area contributed by atoms with E-state index in [1.165, 1.54) is 46.9 Å². The Morgan fingerprint density at radius 2 is 1.82 bits per heavy atom. The first-order chi connectivity index (χ1) is 20.9. The van der Waals surface area contributed by atoms with Gasteiger partial charge in [-0.15, -0.1) is 0 Å². The summed E-state index contributed by atoms with van der Waals surface area (Å²) in [6.45, 7) is 1.74. The molecule has 1 aliphatic heterocycles. The summed E-state index contributed by atoms with van der Waals surface area (Å²) >= 11 is 6.42. The Morgan fingerprint density at radius 3 is 2.43 bits per heavy atom. The van der Waals surface area contributed by atoms with Crippen molar-refractivity contribution < 1.29 is 27.6 Å². The molecule has 12 nitrogen and oxygen atoms in total. The van der Waals surface area contributed by atoms with Crippen molar-refractivity contribution in [2.24, 2.45) is 18.5 Å². The highest BCUT2D eigenvalue weighted by Crippen LogP contribution is 2.41. The van der Waals surface area contributed by atoms with Crippen LogP contribution in [-0.4, -0.2) is 85.6 Å². The van der Waals surface area contributed by atoms with Crippen molar-refractivity contribution in [3.63, 3.8) is 0 Å². The van der Waals surface area contributed by atoms with Gasteiger partial charge in [0.15, 0.2) is 11.5 Å². The topological polar surface area (TPSA) is 157 Å². The highest BCUT2D eigenvalue weighted by atomic mass is 35.5. The number of hydrogen-bond donors (Lipinski definition) is 3. The molecule has 3 amide bonds. The minimum absolute atomic E-state index is 0.0650. The summed E-state index contributed by atoms with van der Waals surface area (Å²) in [7, 11) is 1.45. The van der Waals surface area contributed by atoms with Crippen LogP contribution in [0.3, 0.4) is 0 Å². The number of imidazole rings is 1. The van der Waals surface area contributed by atoms with Gasteiger partial charge >= 0.3 is 6.18 Å². The molecule has 1 saturated heterocycles. The molecule has 16 heteroatoms. The van der Waals surface area contributed by atoms with Gasteiger partial charge in [0.05, 0.1) is 40.1 Å². The van der Waals surface area contributed by atoms with E-state index in [9.17, 15) is 27.6 Å². The maximum Gasteiger partial charge on any atom is 0.435 e. The second-order valence-corrected chi connectivity index (χ2v) is 11.3. The lowest BCUT2D eigenvalue weighted by atomic mass is 10.1. The summed E-state index contributed by atoms with van der Waals surface area (Å²) in [5, 5.41) is 6.48. The first-order valence-electron chi connectivity index (χ1n) is 14.2. The Bertz CT molecular complexity index is 1560. The molecule has 2 aliphatic rings. The van der Waals surface area contributed by atoms with E-state index in [1.807, 2.05) is 0 Å². The average molecular weight is 636 g/mol. The zero-order chi connectivity index (χ0) is 31.8. The number of aromatic nitrogens is 4. The summed E-state index contributed by atoms with van der Waals surface area (Å²) < 4.78 is 43.8. The standard InChI is InChI=1S/C28H33ClF3N9O3/c1-38-22(19-15-41(17-5-6-17)37-23(19)28(30,31)32)14-35-24(38)25(42)36-16-4-7-18(20(29)13-16)26(43)39-9-11-40(12-10-39)27(44)21(34)3-2-8-33/h4,7,13-15,17,21H,2-3,5-6,8-12,33-34H2,1H3,(H,36,42)/t21-/m0/s1. The van der Waals surface area contributed by atoms with E-state index in [1.54, 1.807) is 9.80 Å². The molecule has 5 rings (SSSR count). The molecule has 0 spiro atoms. The minimum Gasteiger partial charge on any atom is -0.338 e. The van der Waals surface area contributed by atoms with Gasteiger partial charge in [-0.25, -0.2) is 4.98 Å². The van der Waals surface area contributed by atoms with Crippen molar-refractivity contribution in [3.05, 3.63) is 52.7 Å². The SMILES string of the molecule is Cn1c(-c2cn(C3CC3)nc2C(F)(F)F)cnc1C(=O)Nc1ccc(C(=O)N2CCN(C(=O)[C@@H](N)CCCN)CC2)c(Cl)c1. The maximum absolute atomic E-state index is 13.7. The van der Waals surface area contributed by atoms with Crippen molar-refractivity contribution in [2.45, 2.75) is 43.9 Å². The van der Waals surface area contributed by atoms with Crippen LogP contribution in [0, 0.1) is 0 Å². The monoisotopic (exact) mass is 635 g/mol. The van der Waals surface area contributed by atoms with Gasteiger partial charge in [0.1, 0.15) is 0 Å². The number of carbonyl (C=O) groups is 3. The van der Waals surface area contributed by atoms with Crippen molar-refractivity contribution >= 4 is 35.0 Å².